The first-order chi connectivity index (χ1) is 14.0. The summed E-state index contributed by atoms with van der Waals surface area (Å²) in [5.74, 6) is -0.990. The molecule has 0 heterocycles. The molecule has 0 spiro atoms. The summed E-state index contributed by atoms with van der Waals surface area (Å²) in [5.41, 5.74) is 3.54. The van der Waals surface area contributed by atoms with Crippen LogP contribution in [0.2, 0.25) is 0 Å². The number of ether oxygens (including phenoxy) is 1. The summed E-state index contributed by atoms with van der Waals surface area (Å²) in [5, 5.41) is 2.78. The second-order valence-electron chi connectivity index (χ2n) is 7.29. The van der Waals surface area contributed by atoms with E-state index in [1.54, 1.807) is 44.2 Å². The number of nitrogens with one attached hydrogen (secondary N) is 1. The summed E-state index contributed by atoms with van der Waals surface area (Å²) < 4.78 is 31.2. The molecule has 2 aromatic rings. The Morgan fingerprint density at radius 1 is 1.10 bits per heavy atom. The van der Waals surface area contributed by atoms with Crippen LogP contribution in [-0.2, 0) is 19.6 Å². The van der Waals surface area contributed by atoms with Crippen LogP contribution >= 0.6 is 0 Å². The molecule has 0 radical (unpaired) electrons. The van der Waals surface area contributed by atoms with Gasteiger partial charge in [0.1, 0.15) is 6.04 Å². The summed E-state index contributed by atoms with van der Waals surface area (Å²) in [6.07, 6.45) is 1.35. The molecule has 0 aliphatic rings. The first kappa shape index (κ1) is 23.4. The van der Waals surface area contributed by atoms with E-state index in [2.05, 4.69) is 5.32 Å². The summed E-state index contributed by atoms with van der Waals surface area (Å²) in [4.78, 5) is 25.1. The fourth-order valence-corrected chi connectivity index (χ4v) is 4.65. The smallest absolute Gasteiger partial charge is 0.338 e. The second-order valence-corrected chi connectivity index (χ2v) is 9.15. The molecule has 0 saturated heterocycles. The normalized spacial score (nSPS) is 12.2. The maximum atomic E-state index is 13.1. The Balaban J connectivity index is 2.46. The van der Waals surface area contributed by atoms with Crippen molar-refractivity contribution in [1.29, 1.82) is 0 Å². The Bertz CT molecular complexity index is 1040. The summed E-state index contributed by atoms with van der Waals surface area (Å²) in [7, 11) is -2.45. The highest BCUT2D eigenvalue weighted by Gasteiger charge is 2.32. The standard InChI is InChI=1S/C22H28N2O5S/c1-7-20(24(30(6,27)28)17-12-14(2)11-15(3)13-17)21(25)23-19-10-8-9-18(16(19)4)22(26)29-5/h8-13,20H,7H2,1-6H3,(H,23,25)/t20-/m0/s1. The predicted molar refractivity (Wildman–Crippen MR) is 118 cm³/mol. The molecule has 8 heteroatoms. The lowest BCUT2D eigenvalue weighted by Crippen LogP contribution is -2.47. The third-order valence-corrected chi connectivity index (χ3v) is 5.97. The molecule has 0 aliphatic carbocycles. The van der Waals surface area contributed by atoms with E-state index in [0.29, 0.717) is 22.5 Å². The molecule has 1 amide bonds. The van der Waals surface area contributed by atoms with E-state index in [1.165, 1.54) is 7.11 Å². The lowest BCUT2D eigenvalue weighted by Gasteiger charge is -2.30. The average molecular weight is 433 g/mol. The first-order valence-corrected chi connectivity index (χ1v) is 11.4. The van der Waals surface area contributed by atoms with Crippen LogP contribution in [0.25, 0.3) is 0 Å². The van der Waals surface area contributed by atoms with Gasteiger partial charge >= 0.3 is 5.97 Å². The van der Waals surface area contributed by atoms with Gasteiger partial charge < -0.3 is 10.1 Å². The quantitative estimate of drug-likeness (QED) is 0.675. The third-order valence-electron chi connectivity index (χ3n) is 4.79. The highest BCUT2D eigenvalue weighted by Crippen LogP contribution is 2.27. The molecule has 30 heavy (non-hydrogen) atoms. The van der Waals surface area contributed by atoms with Crippen LogP contribution in [0.1, 0.15) is 40.4 Å². The number of carbonyl (C=O) groups is 2. The minimum atomic E-state index is -3.74. The van der Waals surface area contributed by atoms with Gasteiger partial charge in [0.15, 0.2) is 0 Å². The Hall–Kier alpha value is -2.87. The number of carbonyl (C=O) groups excluding carboxylic acids is 2. The number of anilines is 2. The number of methoxy groups -OCH3 is 1. The third kappa shape index (κ3) is 5.18. The maximum Gasteiger partial charge on any atom is 0.338 e. The number of amides is 1. The van der Waals surface area contributed by atoms with E-state index in [-0.39, 0.29) is 6.42 Å². The van der Waals surface area contributed by atoms with Gasteiger partial charge in [-0.3, -0.25) is 9.10 Å². The highest BCUT2D eigenvalue weighted by atomic mass is 32.2. The number of esters is 1. The van der Waals surface area contributed by atoms with Crippen molar-refractivity contribution in [1.82, 2.24) is 0 Å². The van der Waals surface area contributed by atoms with Crippen LogP contribution in [0.4, 0.5) is 11.4 Å². The monoisotopic (exact) mass is 432 g/mol. The number of benzene rings is 2. The zero-order chi connectivity index (χ0) is 22.6. The fraction of sp³-hybridized carbons (Fsp3) is 0.364. The fourth-order valence-electron chi connectivity index (χ4n) is 3.46. The van der Waals surface area contributed by atoms with Crippen molar-refractivity contribution in [3.05, 3.63) is 58.7 Å². The van der Waals surface area contributed by atoms with Gasteiger partial charge in [-0.25, -0.2) is 13.2 Å². The predicted octanol–water partition coefficient (Wildman–Crippen LogP) is 3.58. The van der Waals surface area contributed by atoms with Gasteiger partial charge in [-0.15, -0.1) is 0 Å². The number of rotatable bonds is 7. The number of sulfonamides is 1. The van der Waals surface area contributed by atoms with Crippen molar-refractivity contribution in [2.75, 3.05) is 23.0 Å². The Morgan fingerprint density at radius 2 is 1.70 bits per heavy atom. The topological polar surface area (TPSA) is 92.8 Å². The Kier molecular flexibility index (Phi) is 7.25. The molecule has 0 fully saturated rings. The molecular weight excluding hydrogens is 404 g/mol. The summed E-state index contributed by atoms with van der Waals surface area (Å²) in [6.45, 7) is 7.20. The SMILES string of the molecule is CC[C@@H](C(=O)Nc1cccc(C(=O)OC)c1C)N(c1cc(C)cc(C)c1)S(C)(=O)=O. The molecule has 7 nitrogen and oxygen atoms in total. The summed E-state index contributed by atoms with van der Waals surface area (Å²) in [6, 6.07) is 9.36. The van der Waals surface area contributed by atoms with Crippen molar-refractivity contribution in [3.63, 3.8) is 0 Å². The highest BCUT2D eigenvalue weighted by molar-refractivity contribution is 7.92. The zero-order valence-corrected chi connectivity index (χ0v) is 19.0. The number of hydrogen-bond acceptors (Lipinski definition) is 5. The molecule has 0 aliphatic heterocycles. The maximum absolute atomic E-state index is 13.1. The molecule has 0 unspecified atom stereocenters. The van der Waals surface area contributed by atoms with E-state index < -0.39 is 27.9 Å². The lowest BCUT2D eigenvalue weighted by molar-refractivity contribution is -0.117. The van der Waals surface area contributed by atoms with E-state index in [1.807, 2.05) is 19.9 Å². The minimum Gasteiger partial charge on any atom is -0.465 e. The van der Waals surface area contributed by atoms with Gasteiger partial charge in [-0.1, -0.05) is 19.1 Å². The lowest BCUT2D eigenvalue weighted by atomic mass is 10.1. The van der Waals surface area contributed by atoms with Crippen LogP contribution in [-0.4, -0.2) is 39.7 Å². The Labute approximate surface area is 178 Å². The number of nitrogens with zero attached hydrogens (tertiary/aromatic N) is 1. The molecule has 2 rings (SSSR count). The van der Waals surface area contributed by atoms with Crippen LogP contribution in [0, 0.1) is 20.8 Å². The van der Waals surface area contributed by atoms with E-state index in [9.17, 15) is 18.0 Å². The van der Waals surface area contributed by atoms with E-state index in [0.717, 1.165) is 21.7 Å². The van der Waals surface area contributed by atoms with Gasteiger partial charge in [0.05, 0.1) is 24.6 Å². The summed E-state index contributed by atoms with van der Waals surface area (Å²) >= 11 is 0. The van der Waals surface area contributed by atoms with Gasteiger partial charge in [0.25, 0.3) is 0 Å². The average Bonchev–Trinajstić information content (AvgIpc) is 2.65. The van der Waals surface area contributed by atoms with Crippen LogP contribution < -0.4 is 9.62 Å². The number of hydrogen-bond donors (Lipinski definition) is 1. The van der Waals surface area contributed by atoms with Crippen LogP contribution in [0.5, 0.6) is 0 Å². The Morgan fingerprint density at radius 3 is 2.20 bits per heavy atom. The minimum absolute atomic E-state index is 0.266. The van der Waals surface area contributed by atoms with Crippen LogP contribution in [0.15, 0.2) is 36.4 Å². The van der Waals surface area contributed by atoms with E-state index >= 15 is 0 Å². The van der Waals surface area contributed by atoms with Gasteiger partial charge in [-0.2, -0.15) is 0 Å². The van der Waals surface area contributed by atoms with Crippen molar-refractivity contribution in [3.8, 4) is 0 Å². The zero-order valence-electron chi connectivity index (χ0n) is 18.1. The first-order valence-electron chi connectivity index (χ1n) is 9.56. The molecule has 1 N–H and O–H groups in total. The van der Waals surface area contributed by atoms with Gasteiger partial charge in [0, 0.05) is 5.69 Å². The number of aryl methyl sites for hydroxylation is 2. The largest absolute Gasteiger partial charge is 0.465 e. The molecular formula is C22H28N2O5S. The molecule has 1 atom stereocenters. The molecule has 2 aromatic carbocycles. The van der Waals surface area contributed by atoms with Crippen molar-refractivity contribution >= 4 is 33.3 Å². The molecule has 162 valence electrons. The van der Waals surface area contributed by atoms with Crippen molar-refractivity contribution in [2.45, 2.75) is 40.2 Å². The van der Waals surface area contributed by atoms with Crippen LogP contribution in [0.3, 0.4) is 0 Å². The van der Waals surface area contributed by atoms with Crippen molar-refractivity contribution in [2.24, 2.45) is 0 Å². The van der Waals surface area contributed by atoms with Gasteiger partial charge in [0.2, 0.25) is 15.9 Å². The molecule has 0 saturated carbocycles. The van der Waals surface area contributed by atoms with E-state index in [4.69, 9.17) is 4.74 Å². The van der Waals surface area contributed by atoms with Gasteiger partial charge in [-0.05, 0) is 68.1 Å². The molecule has 0 aromatic heterocycles. The van der Waals surface area contributed by atoms with Crippen molar-refractivity contribution < 1.29 is 22.7 Å². The second kappa shape index (κ2) is 9.30. The molecule has 0 bridgehead atoms.